The second kappa shape index (κ2) is 3.00. The van der Waals surface area contributed by atoms with Gasteiger partial charge in [0.15, 0.2) is 0 Å². The van der Waals surface area contributed by atoms with Crippen LogP contribution in [-0.2, 0) is 0 Å². The number of hydrogen-bond acceptors (Lipinski definition) is 2. The van der Waals surface area contributed by atoms with Gasteiger partial charge in [0.1, 0.15) is 0 Å². The lowest BCUT2D eigenvalue weighted by molar-refractivity contribution is 0.737. The average molecular weight is 186 g/mol. The minimum Gasteiger partial charge on any atom is -0.399 e. The molecule has 0 fully saturated rings. The summed E-state index contributed by atoms with van der Waals surface area (Å²) in [5, 5.41) is 0. The molecule has 0 aliphatic heterocycles. The van der Waals surface area contributed by atoms with E-state index in [0.29, 0.717) is 0 Å². The molecule has 4 N–H and O–H groups in total. The van der Waals surface area contributed by atoms with Gasteiger partial charge in [0.05, 0.1) is 0 Å². The van der Waals surface area contributed by atoms with E-state index in [9.17, 15) is 0 Å². The lowest BCUT2D eigenvalue weighted by Crippen LogP contribution is -2.33. The molecule has 2 unspecified atom stereocenters. The Hall–Kier alpha value is -1.54. The van der Waals surface area contributed by atoms with Gasteiger partial charge in [-0.3, -0.25) is 0 Å². The van der Waals surface area contributed by atoms with Crippen LogP contribution in [0.4, 0.5) is 0 Å². The highest BCUT2D eigenvalue weighted by molar-refractivity contribution is 5.53. The molecule has 0 saturated heterocycles. The fraction of sp³-hybridized carbons (Fsp3) is 0.167. The Bertz CT molecular complexity index is 397. The van der Waals surface area contributed by atoms with Crippen molar-refractivity contribution in [3.05, 3.63) is 59.9 Å². The number of fused-ring (bicyclic) bond motifs is 1. The molecule has 2 aliphatic carbocycles. The van der Waals surface area contributed by atoms with Crippen LogP contribution >= 0.6 is 0 Å². The third-order valence-electron chi connectivity index (χ3n) is 2.74. The summed E-state index contributed by atoms with van der Waals surface area (Å²) in [5.74, 6) is 0.111. The van der Waals surface area contributed by atoms with E-state index in [4.69, 9.17) is 11.5 Å². The first-order valence-corrected chi connectivity index (χ1v) is 4.60. The minimum atomic E-state index is -0.104. The molecular formula is C12H14N2. The highest BCUT2D eigenvalue weighted by atomic mass is 14.7. The van der Waals surface area contributed by atoms with Crippen molar-refractivity contribution in [3.63, 3.8) is 0 Å². The maximum atomic E-state index is 5.96. The van der Waals surface area contributed by atoms with Gasteiger partial charge < -0.3 is 11.5 Å². The first-order chi connectivity index (χ1) is 6.61. The molecule has 0 aromatic heterocycles. The monoisotopic (exact) mass is 186 g/mol. The molecule has 0 heterocycles. The number of rotatable bonds is 0. The van der Waals surface area contributed by atoms with E-state index in [2.05, 4.69) is 13.2 Å². The summed E-state index contributed by atoms with van der Waals surface area (Å²) in [6.07, 6.45) is 7.67. The maximum Gasteiger partial charge on any atom is 0.0476 e. The van der Waals surface area contributed by atoms with Gasteiger partial charge in [-0.05, 0) is 22.8 Å². The third-order valence-corrected chi connectivity index (χ3v) is 2.74. The van der Waals surface area contributed by atoms with E-state index in [1.807, 2.05) is 24.3 Å². The average Bonchev–Trinajstić information content (AvgIpc) is 2.16. The van der Waals surface area contributed by atoms with Crippen molar-refractivity contribution in [2.24, 2.45) is 17.4 Å². The Morgan fingerprint density at radius 2 is 1.71 bits per heavy atom. The quantitative estimate of drug-likeness (QED) is 0.600. The SMILES string of the molecule is C=C1C=CC(N)=C2C(N)C=CC(=C)C12. The molecule has 2 nitrogen and oxygen atoms in total. The van der Waals surface area contributed by atoms with E-state index < -0.39 is 0 Å². The van der Waals surface area contributed by atoms with Crippen molar-refractivity contribution in [2.45, 2.75) is 6.04 Å². The molecule has 2 heteroatoms. The number of nitrogens with two attached hydrogens (primary N) is 2. The molecule has 2 aliphatic rings. The fourth-order valence-electron chi connectivity index (χ4n) is 2.01. The zero-order valence-corrected chi connectivity index (χ0v) is 8.03. The first kappa shape index (κ1) is 9.03. The van der Waals surface area contributed by atoms with Crippen LogP contribution in [0.5, 0.6) is 0 Å². The topological polar surface area (TPSA) is 52.0 Å². The summed E-state index contributed by atoms with van der Waals surface area (Å²) in [5.41, 5.74) is 15.7. The van der Waals surface area contributed by atoms with Gasteiger partial charge in [-0.15, -0.1) is 0 Å². The molecule has 0 aromatic carbocycles. The highest BCUT2D eigenvalue weighted by Crippen LogP contribution is 2.37. The van der Waals surface area contributed by atoms with Crippen LogP contribution in [0.15, 0.2) is 59.9 Å². The molecule has 0 saturated carbocycles. The van der Waals surface area contributed by atoms with E-state index in [0.717, 1.165) is 22.4 Å². The Morgan fingerprint density at radius 3 is 2.36 bits per heavy atom. The molecule has 2 atom stereocenters. The summed E-state index contributed by atoms with van der Waals surface area (Å²) >= 11 is 0. The van der Waals surface area contributed by atoms with E-state index in [1.54, 1.807) is 0 Å². The molecule has 72 valence electrons. The zero-order valence-electron chi connectivity index (χ0n) is 8.03. The molecule has 2 rings (SSSR count). The lowest BCUT2D eigenvalue weighted by Gasteiger charge is -2.32. The number of allylic oxidation sites excluding steroid dienone is 5. The third kappa shape index (κ3) is 1.16. The Balaban J connectivity index is 2.58. The molecule has 0 spiro atoms. The standard InChI is InChI=1S/C12H14N2/c1-7-3-5-9(13)12-10(14)6-4-8(2)11(7)12/h3-6,9,11H,1-2,13-14H2. The normalized spacial score (nSPS) is 30.9. The zero-order chi connectivity index (χ0) is 10.3. The van der Waals surface area contributed by atoms with Crippen molar-refractivity contribution in [1.82, 2.24) is 0 Å². The van der Waals surface area contributed by atoms with Crippen LogP contribution in [0, 0.1) is 5.92 Å². The molecule has 0 bridgehead atoms. The van der Waals surface area contributed by atoms with Gasteiger partial charge in [-0.2, -0.15) is 0 Å². The van der Waals surface area contributed by atoms with Crippen LogP contribution in [0.3, 0.4) is 0 Å². The van der Waals surface area contributed by atoms with Gasteiger partial charge in [-0.25, -0.2) is 0 Å². The molecular weight excluding hydrogens is 172 g/mol. The Labute approximate surface area is 84.0 Å². The van der Waals surface area contributed by atoms with Gasteiger partial charge in [-0.1, -0.05) is 31.4 Å². The van der Waals surface area contributed by atoms with Gasteiger partial charge in [0.25, 0.3) is 0 Å². The largest absolute Gasteiger partial charge is 0.399 e. The summed E-state index contributed by atoms with van der Waals surface area (Å²) in [4.78, 5) is 0. The predicted molar refractivity (Wildman–Crippen MR) is 59.2 cm³/mol. The summed E-state index contributed by atoms with van der Waals surface area (Å²) in [6, 6.07) is -0.104. The minimum absolute atomic E-state index is 0.104. The fourth-order valence-corrected chi connectivity index (χ4v) is 2.01. The maximum absolute atomic E-state index is 5.96. The summed E-state index contributed by atoms with van der Waals surface area (Å²) in [7, 11) is 0. The lowest BCUT2D eigenvalue weighted by atomic mass is 9.75. The highest BCUT2D eigenvalue weighted by Gasteiger charge is 2.29. The summed E-state index contributed by atoms with van der Waals surface area (Å²) < 4.78 is 0. The van der Waals surface area contributed by atoms with Gasteiger partial charge in [0.2, 0.25) is 0 Å². The van der Waals surface area contributed by atoms with Crippen LogP contribution < -0.4 is 11.5 Å². The summed E-state index contributed by atoms with van der Waals surface area (Å²) in [6.45, 7) is 7.98. The van der Waals surface area contributed by atoms with E-state index >= 15 is 0 Å². The number of hydrogen-bond donors (Lipinski definition) is 2. The molecule has 0 amide bonds. The predicted octanol–water partition coefficient (Wildman–Crippen LogP) is 1.39. The van der Waals surface area contributed by atoms with Crippen molar-refractivity contribution in [1.29, 1.82) is 0 Å². The Kier molecular flexibility index (Phi) is 1.93. The second-order valence-corrected chi connectivity index (χ2v) is 3.71. The molecule has 14 heavy (non-hydrogen) atoms. The molecule has 0 aromatic rings. The van der Waals surface area contributed by atoms with Gasteiger partial charge in [0, 0.05) is 17.7 Å². The van der Waals surface area contributed by atoms with Crippen molar-refractivity contribution < 1.29 is 0 Å². The Morgan fingerprint density at radius 1 is 1.07 bits per heavy atom. The van der Waals surface area contributed by atoms with Crippen molar-refractivity contribution in [2.75, 3.05) is 0 Å². The van der Waals surface area contributed by atoms with Gasteiger partial charge >= 0.3 is 0 Å². The van der Waals surface area contributed by atoms with Crippen molar-refractivity contribution in [3.8, 4) is 0 Å². The van der Waals surface area contributed by atoms with E-state index in [-0.39, 0.29) is 12.0 Å². The van der Waals surface area contributed by atoms with Crippen LogP contribution in [0.1, 0.15) is 0 Å². The van der Waals surface area contributed by atoms with Crippen LogP contribution in [0.2, 0.25) is 0 Å². The smallest absolute Gasteiger partial charge is 0.0476 e. The van der Waals surface area contributed by atoms with Crippen LogP contribution in [0.25, 0.3) is 0 Å². The van der Waals surface area contributed by atoms with E-state index in [1.165, 1.54) is 0 Å². The first-order valence-electron chi connectivity index (χ1n) is 4.60. The second-order valence-electron chi connectivity index (χ2n) is 3.71. The molecule has 0 radical (unpaired) electrons. The van der Waals surface area contributed by atoms with Crippen molar-refractivity contribution >= 4 is 0 Å². The van der Waals surface area contributed by atoms with Crippen LogP contribution in [-0.4, -0.2) is 6.04 Å².